The van der Waals surface area contributed by atoms with Gasteiger partial charge in [-0.3, -0.25) is 9.69 Å². The summed E-state index contributed by atoms with van der Waals surface area (Å²) in [6.07, 6.45) is 2.58. The van der Waals surface area contributed by atoms with Gasteiger partial charge in [0.15, 0.2) is 0 Å². The number of carbonyl (C=O) groups is 1. The van der Waals surface area contributed by atoms with Gasteiger partial charge in [0.2, 0.25) is 5.91 Å². The molecule has 1 N–H and O–H groups in total. The number of nitrogens with zero attached hydrogens (tertiary/aromatic N) is 2. The van der Waals surface area contributed by atoms with Gasteiger partial charge in [0.1, 0.15) is 11.5 Å². The lowest BCUT2D eigenvalue weighted by atomic mass is 9.88. The predicted octanol–water partition coefficient (Wildman–Crippen LogP) is 6.76. The van der Waals surface area contributed by atoms with Crippen molar-refractivity contribution < 1.29 is 14.3 Å². The first kappa shape index (κ1) is 28.7. The minimum absolute atomic E-state index is 0.0444. The van der Waals surface area contributed by atoms with E-state index in [1.807, 2.05) is 42.5 Å². The minimum Gasteiger partial charge on any atom is -0.457 e. The van der Waals surface area contributed by atoms with Gasteiger partial charge >= 0.3 is 0 Å². The van der Waals surface area contributed by atoms with Crippen LogP contribution in [0, 0.1) is 6.92 Å². The summed E-state index contributed by atoms with van der Waals surface area (Å²) in [5, 5.41) is 4.36. The molecule has 1 aliphatic heterocycles. The highest BCUT2D eigenvalue weighted by Crippen LogP contribution is 2.37. The predicted molar refractivity (Wildman–Crippen MR) is 172 cm³/mol. The highest BCUT2D eigenvalue weighted by Gasteiger charge is 2.24. The molecule has 6 heteroatoms. The van der Waals surface area contributed by atoms with Crippen LogP contribution in [0.3, 0.4) is 0 Å². The fraction of sp³-hybridized carbons (Fsp3) is 0.270. The lowest BCUT2D eigenvalue weighted by molar-refractivity contribution is -0.121. The number of hydrogen-bond donors (Lipinski definition) is 1. The summed E-state index contributed by atoms with van der Waals surface area (Å²) < 4.78 is 14.0. The Kier molecular flexibility index (Phi) is 9.16. The molecule has 4 aromatic carbocycles. The highest BCUT2D eigenvalue weighted by molar-refractivity contribution is 5.87. The molecule has 5 aromatic rings. The van der Waals surface area contributed by atoms with Gasteiger partial charge < -0.3 is 19.4 Å². The van der Waals surface area contributed by atoms with Crippen molar-refractivity contribution in [2.75, 3.05) is 39.4 Å². The molecule has 1 fully saturated rings. The average molecular weight is 574 g/mol. The Morgan fingerprint density at radius 1 is 0.884 bits per heavy atom. The number of ether oxygens (including phenoxy) is 2. The molecule has 0 spiro atoms. The number of para-hydroxylation sites is 2. The van der Waals surface area contributed by atoms with E-state index in [1.165, 1.54) is 11.1 Å². The molecular weight excluding hydrogens is 534 g/mol. The molecule has 6 rings (SSSR count). The third-order valence-electron chi connectivity index (χ3n) is 8.15. The molecule has 0 aliphatic carbocycles. The zero-order valence-corrected chi connectivity index (χ0v) is 24.7. The molecule has 1 unspecified atom stereocenters. The van der Waals surface area contributed by atoms with Crippen molar-refractivity contribution in [1.82, 2.24) is 14.8 Å². The van der Waals surface area contributed by atoms with Gasteiger partial charge in [-0.25, -0.2) is 0 Å². The van der Waals surface area contributed by atoms with E-state index in [1.54, 1.807) is 0 Å². The molecule has 1 aliphatic rings. The number of fused-ring (bicyclic) bond motifs is 1. The van der Waals surface area contributed by atoms with Gasteiger partial charge in [-0.1, -0.05) is 78.4 Å². The SMILES string of the molecule is Cc1ccc(Cn2cc(C(CC(=O)NCCN3CCOCC3)c3cccc(Oc4ccccc4)c3)c3ccccc32)cc1. The van der Waals surface area contributed by atoms with Crippen molar-refractivity contribution in [2.24, 2.45) is 0 Å². The number of aryl methyl sites for hydroxylation is 1. The molecule has 1 amide bonds. The van der Waals surface area contributed by atoms with E-state index < -0.39 is 0 Å². The molecule has 1 aromatic heterocycles. The molecule has 0 saturated carbocycles. The summed E-state index contributed by atoms with van der Waals surface area (Å²) >= 11 is 0. The Morgan fingerprint density at radius 3 is 2.44 bits per heavy atom. The zero-order chi connectivity index (χ0) is 29.4. The van der Waals surface area contributed by atoms with Crippen molar-refractivity contribution in [3.63, 3.8) is 0 Å². The van der Waals surface area contributed by atoms with Crippen molar-refractivity contribution in [2.45, 2.75) is 25.8 Å². The van der Waals surface area contributed by atoms with Crippen molar-refractivity contribution in [3.05, 3.63) is 132 Å². The number of aromatic nitrogens is 1. The zero-order valence-electron chi connectivity index (χ0n) is 24.7. The number of amides is 1. The lowest BCUT2D eigenvalue weighted by Gasteiger charge is -2.26. The second-order valence-corrected chi connectivity index (χ2v) is 11.3. The highest BCUT2D eigenvalue weighted by atomic mass is 16.5. The van der Waals surface area contributed by atoms with Crippen LogP contribution >= 0.6 is 0 Å². The fourth-order valence-corrected chi connectivity index (χ4v) is 5.84. The van der Waals surface area contributed by atoms with E-state index >= 15 is 0 Å². The standard InChI is InChI=1S/C37H39N3O3/c1-28-14-16-29(17-15-28)26-40-27-35(33-12-5-6-13-36(33)40)34(25-37(41)38-18-19-39-20-22-42-23-21-39)30-8-7-11-32(24-30)43-31-9-3-2-4-10-31/h2-17,24,27,34H,18-23,25-26H2,1H3,(H,38,41). The van der Waals surface area contributed by atoms with Crippen molar-refractivity contribution in [1.29, 1.82) is 0 Å². The first-order chi connectivity index (χ1) is 21.1. The van der Waals surface area contributed by atoms with Crippen LogP contribution < -0.4 is 10.1 Å². The van der Waals surface area contributed by atoms with E-state index in [2.05, 4.69) is 88.6 Å². The van der Waals surface area contributed by atoms with E-state index in [0.717, 1.165) is 72.9 Å². The monoisotopic (exact) mass is 573 g/mol. The summed E-state index contributed by atoms with van der Waals surface area (Å²) in [5.74, 6) is 1.44. The van der Waals surface area contributed by atoms with Crippen molar-refractivity contribution >= 4 is 16.8 Å². The van der Waals surface area contributed by atoms with E-state index in [0.29, 0.717) is 13.0 Å². The Balaban J connectivity index is 1.30. The fourth-order valence-electron chi connectivity index (χ4n) is 5.84. The number of morpholine rings is 1. The molecule has 220 valence electrons. The van der Waals surface area contributed by atoms with Gasteiger partial charge in [0.05, 0.1) is 13.2 Å². The number of hydrogen-bond acceptors (Lipinski definition) is 4. The van der Waals surface area contributed by atoms with Gasteiger partial charge in [-0.2, -0.15) is 0 Å². The Bertz CT molecular complexity index is 1640. The van der Waals surface area contributed by atoms with E-state index in [-0.39, 0.29) is 11.8 Å². The minimum atomic E-state index is -0.146. The van der Waals surface area contributed by atoms with Crippen LogP contribution in [0.1, 0.15) is 34.6 Å². The van der Waals surface area contributed by atoms with Crippen LogP contribution in [0.4, 0.5) is 0 Å². The maximum Gasteiger partial charge on any atom is 0.220 e. The van der Waals surface area contributed by atoms with Crippen LogP contribution in [-0.4, -0.2) is 54.8 Å². The van der Waals surface area contributed by atoms with Gasteiger partial charge in [-0.05, 0) is 53.9 Å². The Labute approximate surface area is 253 Å². The van der Waals surface area contributed by atoms with Crippen LogP contribution in [0.5, 0.6) is 11.5 Å². The smallest absolute Gasteiger partial charge is 0.220 e. The topological polar surface area (TPSA) is 55.7 Å². The molecular formula is C37H39N3O3. The molecule has 6 nitrogen and oxygen atoms in total. The summed E-state index contributed by atoms with van der Waals surface area (Å²) in [5.41, 5.74) is 5.85. The summed E-state index contributed by atoms with van der Waals surface area (Å²) in [4.78, 5) is 15.8. The van der Waals surface area contributed by atoms with Gasteiger partial charge in [0, 0.05) is 62.2 Å². The average Bonchev–Trinajstić information content (AvgIpc) is 3.40. The summed E-state index contributed by atoms with van der Waals surface area (Å²) in [6, 6.07) is 35.2. The number of nitrogens with one attached hydrogen (secondary N) is 1. The van der Waals surface area contributed by atoms with Crippen LogP contribution in [0.15, 0.2) is 109 Å². The number of carbonyl (C=O) groups excluding carboxylic acids is 1. The summed E-state index contributed by atoms with van der Waals surface area (Å²) in [7, 11) is 0. The van der Waals surface area contributed by atoms with Crippen LogP contribution in [0.25, 0.3) is 10.9 Å². The first-order valence-corrected chi connectivity index (χ1v) is 15.2. The normalized spacial score (nSPS) is 14.4. The molecule has 2 heterocycles. The molecule has 1 atom stereocenters. The Morgan fingerprint density at radius 2 is 1.63 bits per heavy atom. The quantitative estimate of drug-likeness (QED) is 0.190. The molecule has 43 heavy (non-hydrogen) atoms. The third kappa shape index (κ3) is 7.34. The van der Waals surface area contributed by atoms with Gasteiger partial charge in [0.25, 0.3) is 0 Å². The first-order valence-electron chi connectivity index (χ1n) is 15.2. The second kappa shape index (κ2) is 13.7. The van der Waals surface area contributed by atoms with E-state index in [9.17, 15) is 4.79 Å². The third-order valence-corrected chi connectivity index (χ3v) is 8.15. The largest absolute Gasteiger partial charge is 0.457 e. The van der Waals surface area contributed by atoms with Crippen LogP contribution in [-0.2, 0) is 16.1 Å². The maximum absolute atomic E-state index is 13.5. The summed E-state index contributed by atoms with van der Waals surface area (Å²) in [6.45, 7) is 7.65. The molecule has 0 bridgehead atoms. The second-order valence-electron chi connectivity index (χ2n) is 11.3. The van der Waals surface area contributed by atoms with Gasteiger partial charge in [-0.15, -0.1) is 0 Å². The Hall–Kier alpha value is -4.39. The van der Waals surface area contributed by atoms with Crippen molar-refractivity contribution in [3.8, 4) is 11.5 Å². The number of benzene rings is 4. The maximum atomic E-state index is 13.5. The van der Waals surface area contributed by atoms with E-state index in [4.69, 9.17) is 9.47 Å². The molecule has 1 saturated heterocycles. The lowest BCUT2D eigenvalue weighted by Crippen LogP contribution is -2.41. The van der Waals surface area contributed by atoms with Crippen LogP contribution in [0.2, 0.25) is 0 Å². The molecule has 0 radical (unpaired) electrons. The number of rotatable bonds is 11.